The Kier molecular flexibility index (Phi) is 2.18. The molecule has 0 unspecified atom stereocenters. The lowest BCUT2D eigenvalue weighted by molar-refractivity contribution is 1.22. The van der Waals surface area contributed by atoms with Gasteiger partial charge in [0.15, 0.2) is 0 Å². The number of aryl methyl sites for hydroxylation is 2. The monoisotopic (exact) mass is 227 g/mol. The minimum atomic E-state index is 1.22. The number of anilines is 2. The number of nitrogens with one attached hydrogen (secondary N) is 1. The van der Waals surface area contributed by atoms with E-state index in [1.54, 1.807) is 0 Å². The van der Waals surface area contributed by atoms with Crippen LogP contribution in [0.4, 0.5) is 11.4 Å². The fourth-order valence-corrected chi connectivity index (χ4v) is 3.11. The van der Waals surface area contributed by atoms with E-state index in [0.29, 0.717) is 0 Å². The molecule has 1 heterocycles. The molecule has 2 aromatic rings. The summed E-state index contributed by atoms with van der Waals surface area (Å²) in [6, 6.07) is 12.8. The molecule has 0 saturated carbocycles. The van der Waals surface area contributed by atoms with Crippen LogP contribution in [0.1, 0.15) is 11.1 Å². The van der Waals surface area contributed by atoms with Crippen molar-refractivity contribution >= 4 is 23.1 Å². The Balaban J connectivity index is 2.19. The number of para-hydroxylation sites is 1. The second kappa shape index (κ2) is 3.56. The summed E-state index contributed by atoms with van der Waals surface area (Å²) < 4.78 is 0. The van der Waals surface area contributed by atoms with Gasteiger partial charge in [-0.2, -0.15) is 0 Å². The number of rotatable bonds is 0. The van der Waals surface area contributed by atoms with Crippen molar-refractivity contribution in [3.8, 4) is 0 Å². The van der Waals surface area contributed by atoms with E-state index in [1.807, 2.05) is 11.8 Å². The molecule has 0 atom stereocenters. The van der Waals surface area contributed by atoms with Gasteiger partial charge in [-0.05, 0) is 37.1 Å². The predicted octanol–water partition coefficient (Wildman–Crippen LogP) is 4.51. The Hall–Kier alpha value is -1.41. The number of benzene rings is 2. The fourth-order valence-electron chi connectivity index (χ4n) is 1.98. The van der Waals surface area contributed by atoms with E-state index in [0.717, 1.165) is 0 Å². The molecule has 1 N–H and O–H groups in total. The molecule has 2 heteroatoms. The first kappa shape index (κ1) is 9.79. The molecule has 0 radical (unpaired) electrons. The molecule has 3 rings (SSSR count). The highest BCUT2D eigenvalue weighted by Gasteiger charge is 2.18. The normalized spacial score (nSPS) is 12.6. The summed E-state index contributed by atoms with van der Waals surface area (Å²) in [7, 11) is 0. The van der Waals surface area contributed by atoms with Crippen molar-refractivity contribution in [3.05, 3.63) is 47.5 Å². The van der Waals surface area contributed by atoms with E-state index in [-0.39, 0.29) is 0 Å². The van der Waals surface area contributed by atoms with E-state index < -0.39 is 0 Å². The Morgan fingerprint density at radius 3 is 2.56 bits per heavy atom. The van der Waals surface area contributed by atoms with Crippen LogP contribution in [0.5, 0.6) is 0 Å². The molecular formula is C14H13NS. The van der Waals surface area contributed by atoms with Crippen molar-refractivity contribution in [2.45, 2.75) is 23.6 Å². The third kappa shape index (κ3) is 1.41. The molecule has 1 aliphatic heterocycles. The molecule has 2 aromatic carbocycles. The van der Waals surface area contributed by atoms with E-state index in [1.165, 1.54) is 32.3 Å². The molecule has 16 heavy (non-hydrogen) atoms. The minimum absolute atomic E-state index is 1.22. The van der Waals surface area contributed by atoms with Gasteiger partial charge in [0.25, 0.3) is 0 Å². The average Bonchev–Trinajstić information content (AvgIpc) is 2.32. The summed E-state index contributed by atoms with van der Waals surface area (Å²) >= 11 is 1.86. The molecule has 0 fully saturated rings. The van der Waals surface area contributed by atoms with Crippen LogP contribution in [-0.4, -0.2) is 0 Å². The summed E-state index contributed by atoms with van der Waals surface area (Å²) in [5, 5.41) is 3.53. The fraction of sp³-hybridized carbons (Fsp3) is 0.143. The van der Waals surface area contributed by atoms with Gasteiger partial charge in [0, 0.05) is 9.79 Å². The highest BCUT2D eigenvalue weighted by Crippen LogP contribution is 2.46. The molecule has 0 bridgehead atoms. The lowest BCUT2D eigenvalue weighted by Gasteiger charge is -2.23. The van der Waals surface area contributed by atoms with Gasteiger partial charge in [0.2, 0.25) is 0 Å². The second-order valence-corrected chi connectivity index (χ2v) is 5.18. The van der Waals surface area contributed by atoms with Gasteiger partial charge < -0.3 is 5.32 Å². The lowest BCUT2D eigenvalue weighted by atomic mass is 10.1. The highest BCUT2D eigenvalue weighted by atomic mass is 32.2. The standard InChI is InChI=1S/C14H13NS/c1-9-7-8-10(2)14-13(9)15-11-5-3-4-6-12(11)16-14/h3-8,15H,1-2H3. The van der Waals surface area contributed by atoms with Gasteiger partial charge in [-0.25, -0.2) is 0 Å². The third-order valence-corrected chi connectivity index (χ3v) is 4.23. The van der Waals surface area contributed by atoms with Crippen LogP contribution in [0.25, 0.3) is 0 Å². The lowest BCUT2D eigenvalue weighted by Crippen LogP contribution is -2.02. The minimum Gasteiger partial charge on any atom is -0.353 e. The molecule has 0 spiro atoms. The van der Waals surface area contributed by atoms with Crippen LogP contribution >= 0.6 is 11.8 Å². The topological polar surface area (TPSA) is 12.0 Å². The Bertz CT molecular complexity index is 511. The molecule has 0 aromatic heterocycles. The summed E-state index contributed by atoms with van der Waals surface area (Å²) in [4.78, 5) is 2.67. The van der Waals surface area contributed by atoms with Crippen LogP contribution in [0.2, 0.25) is 0 Å². The zero-order valence-corrected chi connectivity index (χ0v) is 10.2. The third-order valence-electron chi connectivity index (χ3n) is 2.92. The number of fused-ring (bicyclic) bond motifs is 2. The smallest absolute Gasteiger partial charge is 0.0558 e. The van der Waals surface area contributed by atoms with Gasteiger partial charge in [-0.15, -0.1) is 0 Å². The summed E-state index contributed by atoms with van der Waals surface area (Å²) in [5.74, 6) is 0. The van der Waals surface area contributed by atoms with Crippen molar-refractivity contribution in [1.29, 1.82) is 0 Å². The van der Waals surface area contributed by atoms with Gasteiger partial charge in [-0.3, -0.25) is 0 Å². The summed E-state index contributed by atoms with van der Waals surface area (Å²) in [6.07, 6.45) is 0. The first-order chi connectivity index (χ1) is 7.75. The van der Waals surface area contributed by atoms with Crippen molar-refractivity contribution in [1.82, 2.24) is 0 Å². The maximum absolute atomic E-state index is 3.53. The number of hydrogen-bond acceptors (Lipinski definition) is 2. The zero-order chi connectivity index (χ0) is 11.1. The molecule has 0 aliphatic carbocycles. The van der Waals surface area contributed by atoms with Crippen molar-refractivity contribution in [2.75, 3.05) is 5.32 Å². The largest absolute Gasteiger partial charge is 0.353 e. The maximum Gasteiger partial charge on any atom is 0.0558 e. The van der Waals surface area contributed by atoms with Crippen LogP contribution in [0, 0.1) is 13.8 Å². The highest BCUT2D eigenvalue weighted by molar-refractivity contribution is 7.99. The van der Waals surface area contributed by atoms with Crippen molar-refractivity contribution in [2.24, 2.45) is 0 Å². The molecule has 0 amide bonds. The summed E-state index contributed by atoms with van der Waals surface area (Å²) in [6.45, 7) is 4.32. The van der Waals surface area contributed by atoms with Crippen LogP contribution in [-0.2, 0) is 0 Å². The Morgan fingerprint density at radius 2 is 1.69 bits per heavy atom. The predicted molar refractivity (Wildman–Crippen MR) is 69.8 cm³/mol. The zero-order valence-electron chi connectivity index (χ0n) is 9.37. The molecular weight excluding hydrogens is 214 g/mol. The molecule has 1 nitrogen and oxygen atoms in total. The van der Waals surface area contributed by atoms with Crippen LogP contribution in [0.3, 0.4) is 0 Å². The van der Waals surface area contributed by atoms with Gasteiger partial charge in [-0.1, -0.05) is 36.0 Å². The van der Waals surface area contributed by atoms with E-state index in [2.05, 4.69) is 55.6 Å². The van der Waals surface area contributed by atoms with Gasteiger partial charge in [0.05, 0.1) is 11.4 Å². The van der Waals surface area contributed by atoms with Gasteiger partial charge >= 0.3 is 0 Å². The number of hydrogen-bond donors (Lipinski definition) is 1. The second-order valence-electron chi connectivity index (χ2n) is 4.13. The van der Waals surface area contributed by atoms with Crippen molar-refractivity contribution in [3.63, 3.8) is 0 Å². The van der Waals surface area contributed by atoms with Crippen LogP contribution in [0.15, 0.2) is 46.2 Å². The SMILES string of the molecule is Cc1ccc(C)c2c1Nc1ccccc1S2. The van der Waals surface area contributed by atoms with E-state index >= 15 is 0 Å². The average molecular weight is 227 g/mol. The first-order valence-electron chi connectivity index (χ1n) is 5.40. The first-order valence-corrected chi connectivity index (χ1v) is 6.21. The van der Waals surface area contributed by atoms with Crippen molar-refractivity contribution < 1.29 is 0 Å². The Labute approximate surface area is 99.9 Å². The molecule has 80 valence electrons. The van der Waals surface area contributed by atoms with Gasteiger partial charge in [0.1, 0.15) is 0 Å². The molecule has 0 saturated heterocycles. The Morgan fingerprint density at radius 1 is 0.938 bits per heavy atom. The quantitative estimate of drug-likeness (QED) is 0.606. The van der Waals surface area contributed by atoms with E-state index in [9.17, 15) is 0 Å². The molecule has 1 aliphatic rings. The van der Waals surface area contributed by atoms with E-state index in [4.69, 9.17) is 0 Å². The van der Waals surface area contributed by atoms with Crippen LogP contribution < -0.4 is 5.32 Å². The summed E-state index contributed by atoms with van der Waals surface area (Å²) in [5.41, 5.74) is 5.13. The maximum atomic E-state index is 3.53.